The first-order chi connectivity index (χ1) is 15.0. The summed E-state index contributed by atoms with van der Waals surface area (Å²) < 4.78 is 21.5. The van der Waals surface area contributed by atoms with E-state index in [0.29, 0.717) is 29.2 Å². The Bertz CT molecular complexity index is 935. The topological polar surface area (TPSA) is 75.6 Å². The first kappa shape index (κ1) is 23.8. The summed E-state index contributed by atoms with van der Waals surface area (Å²) in [5.74, 6) is 0.645. The molecule has 0 aromatic heterocycles. The molecule has 0 bridgehead atoms. The molecule has 7 heteroatoms. The Morgan fingerprint density at radius 1 is 1.06 bits per heavy atom. The largest absolute Gasteiger partial charge is 0.503 e. The average molecular weight is 427 g/mol. The van der Waals surface area contributed by atoms with Crippen molar-refractivity contribution < 1.29 is 28.6 Å². The van der Waals surface area contributed by atoms with E-state index in [1.54, 1.807) is 7.11 Å². The molecule has 0 aliphatic carbocycles. The lowest BCUT2D eigenvalue weighted by molar-refractivity contribution is -0.133. The fraction of sp³-hybridized carbons (Fsp3) is 0.333. The normalized spacial score (nSPS) is 11.6. The number of ether oxygens (including phenoxy) is 4. The Labute approximate surface area is 183 Å². The molecule has 2 rings (SSSR count). The number of nitrogens with zero attached hydrogens (tertiary/aromatic N) is 1. The Morgan fingerprint density at radius 2 is 1.84 bits per heavy atom. The summed E-state index contributed by atoms with van der Waals surface area (Å²) in [6.07, 6.45) is 2.25. The Balaban J connectivity index is 2.31. The lowest BCUT2D eigenvalue weighted by Crippen LogP contribution is -2.08. The molecule has 0 aliphatic heterocycles. The number of rotatable bonds is 11. The fourth-order valence-electron chi connectivity index (χ4n) is 2.81. The van der Waals surface area contributed by atoms with Gasteiger partial charge in [-0.05, 0) is 42.7 Å². The van der Waals surface area contributed by atoms with Gasteiger partial charge in [0.2, 0.25) is 0 Å². The van der Waals surface area contributed by atoms with Crippen molar-refractivity contribution in [2.45, 2.75) is 26.9 Å². The lowest BCUT2D eigenvalue weighted by Gasteiger charge is -2.15. The molecule has 2 aromatic rings. The van der Waals surface area contributed by atoms with Crippen molar-refractivity contribution in [2.24, 2.45) is 5.16 Å². The maximum absolute atomic E-state index is 12.2. The number of hydrogen-bond donors (Lipinski definition) is 0. The molecule has 0 radical (unpaired) electrons. The van der Waals surface area contributed by atoms with Gasteiger partial charge in [-0.25, -0.2) is 4.79 Å². The summed E-state index contributed by atoms with van der Waals surface area (Å²) >= 11 is 0. The molecule has 0 fully saturated rings. The fourth-order valence-corrected chi connectivity index (χ4v) is 2.81. The SMILES string of the molecule is CCCO/N=C(\C)c1ccc(OC)c(OCc2ccccc2/C(=C/OC)C(=O)OC)c1. The number of carbonyl (C=O) groups is 1. The van der Waals surface area contributed by atoms with E-state index in [2.05, 4.69) is 5.16 Å². The van der Waals surface area contributed by atoms with Crippen LogP contribution in [-0.2, 0) is 25.7 Å². The minimum absolute atomic E-state index is 0.205. The van der Waals surface area contributed by atoms with Gasteiger partial charge in [-0.3, -0.25) is 0 Å². The summed E-state index contributed by atoms with van der Waals surface area (Å²) in [6.45, 7) is 4.66. The van der Waals surface area contributed by atoms with Crippen LogP contribution in [0.2, 0.25) is 0 Å². The monoisotopic (exact) mass is 427 g/mol. The van der Waals surface area contributed by atoms with Gasteiger partial charge in [-0.1, -0.05) is 36.3 Å². The zero-order valence-corrected chi connectivity index (χ0v) is 18.6. The quantitative estimate of drug-likeness (QED) is 0.130. The Morgan fingerprint density at radius 3 is 2.52 bits per heavy atom. The third-order valence-electron chi connectivity index (χ3n) is 4.41. The molecule has 0 amide bonds. The predicted molar refractivity (Wildman–Crippen MR) is 119 cm³/mol. The highest BCUT2D eigenvalue weighted by Gasteiger charge is 2.17. The molecular weight excluding hydrogens is 398 g/mol. The number of carbonyl (C=O) groups excluding carboxylic acids is 1. The number of methoxy groups -OCH3 is 3. The van der Waals surface area contributed by atoms with Gasteiger partial charge < -0.3 is 23.8 Å². The average Bonchev–Trinajstić information content (AvgIpc) is 2.80. The van der Waals surface area contributed by atoms with E-state index in [9.17, 15) is 4.79 Å². The van der Waals surface area contributed by atoms with Crippen molar-refractivity contribution in [3.8, 4) is 11.5 Å². The van der Waals surface area contributed by atoms with E-state index < -0.39 is 5.97 Å². The van der Waals surface area contributed by atoms with Crippen molar-refractivity contribution in [2.75, 3.05) is 27.9 Å². The van der Waals surface area contributed by atoms with E-state index in [-0.39, 0.29) is 6.61 Å². The van der Waals surface area contributed by atoms with Crippen LogP contribution in [0.4, 0.5) is 0 Å². The summed E-state index contributed by atoms with van der Waals surface area (Å²) in [5.41, 5.74) is 3.35. The minimum Gasteiger partial charge on any atom is -0.503 e. The van der Waals surface area contributed by atoms with Gasteiger partial charge in [0.15, 0.2) is 11.5 Å². The zero-order chi connectivity index (χ0) is 22.6. The molecule has 0 N–H and O–H groups in total. The van der Waals surface area contributed by atoms with Gasteiger partial charge in [-0.2, -0.15) is 0 Å². The zero-order valence-electron chi connectivity index (χ0n) is 18.6. The van der Waals surface area contributed by atoms with Crippen molar-refractivity contribution in [3.63, 3.8) is 0 Å². The van der Waals surface area contributed by atoms with Crippen LogP contribution in [0.25, 0.3) is 5.57 Å². The van der Waals surface area contributed by atoms with Crippen molar-refractivity contribution in [1.82, 2.24) is 0 Å². The van der Waals surface area contributed by atoms with Gasteiger partial charge in [0.1, 0.15) is 18.8 Å². The van der Waals surface area contributed by atoms with Crippen LogP contribution in [0.3, 0.4) is 0 Å². The molecule has 0 saturated heterocycles. The third-order valence-corrected chi connectivity index (χ3v) is 4.41. The van der Waals surface area contributed by atoms with Crippen molar-refractivity contribution >= 4 is 17.3 Å². The van der Waals surface area contributed by atoms with Crippen LogP contribution in [0.15, 0.2) is 53.9 Å². The predicted octanol–water partition coefficient (Wildman–Crippen LogP) is 4.59. The van der Waals surface area contributed by atoms with Crippen LogP contribution in [0, 0.1) is 0 Å². The van der Waals surface area contributed by atoms with Crippen LogP contribution in [0.1, 0.15) is 37.0 Å². The summed E-state index contributed by atoms with van der Waals surface area (Å²) in [5, 5.41) is 4.13. The molecule has 0 saturated carbocycles. The van der Waals surface area contributed by atoms with E-state index >= 15 is 0 Å². The summed E-state index contributed by atoms with van der Waals surface area (Å²) in [7, 11) is 4.39. The second-order valence-corrected chi connectivity index (χ2v) is 6.58. The molecule has 0 unspecified atom stereocenters. The smallest absolute Gasteiger partial charge is 0.341 e. The van der Waals surface area contributed by atoms with Gasteiger partial charge in [0.05, 0.1) is 33.3 Å². The molecule has 7 nitrogen and oxygen atoms in total. The molecular formula is C24H29NO6. The number of benzene rings is 2. The highest BCUT2D eigenvalue weighted by molar-refractivity contribution is 6.16. The maximum Gasteiger partial charge on any atom is 0.341 e. The first-order valence-electron chi connectivity index (χ1n) is 9.93. The molecule has 0 atom stereocenters. The standard InChI is InChI=1S/C24H29NO6/c1-6-13-31-25-17(2)18-11-12-22(28-4)23(14-18)30-15-19-9-7-8-10-20(19)21(16-27-3)24(26)29-5/h7-12,14,16H,6,13,15H2,1-5H3/b21-16-,25-17+. The summed E-state index contributed by atoms with van der Waals surface area (Å²) in [4.78, 5) is 17.5. The molecule has 0 heterocycles. The Hall–Kier alpha value is -3.48. The van der Waals surface area contributed by atoms with Crippen LogP contribution < -0.4 is 9.47 Å². The molecule has 166 valence electrons. The van der Waals surface area contributed by atoms with Gasteiger partial charge in [0, 0.05) is 5.56 Å². The van der Waals surface area contributed by atoms with Crippen LogP contribution >= 0.6 is 0 Å². The second kappa shape index (κ2) is 12.3. The molecule has 0 aliphatic rings. The number of hydrogen-bond acceptors (Lipinski definition) is 7. The van der Waals surface area contributed by atoms with E-state index in [1.165, 1.54) is 20.5 Å². The molecule has 31 heavy (non-hydrogen) atoms. The van der Waals surface area contributed by atoms with Gasteiger partial charge in [-0.15, -0.1) is 0 Å². The molecule has 2 aromatic carbocycles. The Kier molecular flexibility index (Phi) is 9.42. The number of esters is 1. The summed E-state index contributed by atoms with van der Waals surface area (Å²) in [6, 6.07) is 13.0. The first-order valence-corrected chi connectivity index (χ1v) is 9.93. The molecule has 0 spiro atoms. The van der Waals surface area contributed by atoms with Gasteiger partial charge >= 0.3 is 5.97 Å². The van der Waals surface area contributed by atoms with Crippen molar-refractivity contribution in [1.29, 1.82) is 0 Å². The maximum atomic E-state index is 12.2. The lowest BCUT2D eigenvalue weighted by atomic mass is 10.0. The third kappa shape index (κ3) is 6.50. The highest BCUT2D eigenvalue weighted by atomic mass is 16.6. The van der Waals surface area contributed by atoms with E-state index in [4.69, 9.17) is 23.8 Å². The van der Waals surface area contributed by atoms with Gasteiger partial charge in [0.25, 0.3) is 0 Å². The van der Waals surface area contributed by atoms with Crippen LogP contribution in [-0.4, -0.2) is 39.6 Å². The minimum atomic E-state index is -0.493. The number of oxime groups is 1. The second-order valence-electron chi connectivity index (χ2n) is 6.58. The van der Waals surface area contributed by atoms with Crippen molar-refractivity contribution in [3.05, 3.63) is 65.4 Å². The van der Waals surface area contributed by atoms with E-state index in [1.807, 2.05) is 56.3 Å². The van der Waals surface area contributed by atoms with Crippen LogP contribution in [0.5, 0.6) is 11.5 Å². The highest BCUT2D eigenvalue weighted by Crippen LogP contribution is 2.30. The van der Waals surface area contributed by atoms with E-state index in [0.717, 1.165) is 23.3 Å².